The molecule has 0 saturated carbocycles. The fraction of sp³-hybridized carbons (Fsp3) is 0.489. The second-order valence-electron chi connectivity index (χ2n) is 14.9. The summed E-state index contributed by atoms with van der Waals surface area (Å²) in [4.78, 5) is 74.2. The number of hydrogen-bond acceptors (Lipinski definition) is 12. The van der Waals surface area contributed by atoms with E-state index in [1.807, 2.05) is 0 Å². The van der Waals surface area contributed by atoms with Crippen molar-refractivity contribution in [2.24, 2.45) is 0 Å². The van der Waals surface area contributed by atoms with Crippen LogP contribution in [0.2, 0.25) is 0 Å². The molecule has 1 aliphatic heterocycles. The number of unbranched alkanes of at least 4 members (excludes halogenated alkanes) is 10. The molecular weight excluding hydrogens is 785 g/mol. The number of alkyl carbamates (subject to hydrolysis) is 1. The molecule has 1 atom stereocenters. The van der Waals surface area contributed by atoms with Gasteiger partial charge in [0.15, 0.2) is 0 Å². The van der Waals surface area contributed by atoms with E-state index in [0.29, 0.717) is 68.9 Å². The Morgan fingerprint density at radius 2 is 1.16 bits per heavy atom. The standard InChI is InChI=1S/C47H60N2O12/c1-3-5-30-56-36-23-19-34(20-24-36)43(51)59-38-27-28-41(60-44(52)35-21-25-37(26-22-35)57-31-6-4-2)39(33-38)45(53)58-32-16-12-10-8-7-9-11-13-18-42(50)48-29-15-14-17-40-46(54)61-47(55)49-40/h19-28,33,40H,3-18,29-32H2,1-2H3,(H,48,50)(H,49,55)/t40-/m0/s1. The molecule has 2 N–H and O–H groups in total. The molecule has 1 fully saturated rings. The van der Waals surface area contributed by atoms with Gasteiger partial charge in [-0.15, -0.1) is 0 Å². The maximum atomic E-state index is 13.4. The second kappa shape index (κ2) is 27.0. The molecule has 1 heterocycles. The molecular formula is C47H60N2O12. The molecule has 1 saturated heterocycles. The van der Waals surface area contributed by atoms with Crippen LogP contribution in [0.15, 0.2) is 66.7 Å². The highest BCUT2D eigenvalue weighted by atomic mass is 16.6. The lowest BCUT2D eigenvalue weighted by atomic mass is 10.1. The summed E-state index contributed by atoms with van der Waals surface area (Å²) in [6.07, 6.45) is 12.8. The number of cyclic esters (lactones) is 2. The smallest absolute Gasteiger partial charge is 0.415 e. The van der Waals surface area contributed by atoms with Crippen LogP contribution in [0, 0.1) is 0 Å². The average molecular weight is 845 g/mol. The highest BCUT2D eigenvalue weighted by molar-refractivity contribution is 5.97. The van der Waals surface area contributed by atoms with Crippen LogP contribution in [0.1, 0.15) is 148 Å². The number of carbonyl (C=O) groups is 6. The van der Waals surface area contributed by atoms with Gasteiger partial charge in [0.2, 0.25) is 5.91 Å². The zero-order chi connectivity index (χ0) is 43.7. The zero-order valence-corrected chi connectivity index (χ0v) is 35.5. The highest BCUT2D eigenvalue weighted by Crippen LogP contribution is 2.28. The lowest BCUT2D eigenvalue weighted by molar-refractivity contribution is -0.135. The summed E-state index contributed by atoms with van der Waals surface area (Å²) >= 11 is 0. The van der Waals surface area contributed by atoms with Crippen LogP contribution < -0.4 is 29.6 Å². The number of esters is 4. The SMILES string of the molecule is CCCCOc1ccc(C(=O)Oc2ccc(OC(=O)c3ccc(OCCCC)cc3)c(C(=O)OCCCCCCCCCCC(=O)NCCCC[C@@H]3NC(=O)OC3=O)c2)cc1. The Labute approximate surface area is 358 Å². The van der Waals surface area contributed by atoms with Crippen molar-refractivity contribution in [2.45, 2.75) is 123 Å². The fourth-order valence-corrected chi connectivity index (χ4v) is 6.25. The highest BCUT2D eigenvalue weighted by Gasteiger charge is 2.31. The molecule has 330 valence electrons. The molecule has 3 aromatic rings. The zero-order valence-electron chi connectivity index (χ0n) is 35.5. The van der Waals surface area contributed by atoms with Crippen LogP contribution in [-0.4, -0.2) is 68.3 Å². The number of hydrogen-bond donors (Lipinski definition) is 2. The predicted octanol–water partition coefficient (Wildman–Crippen LogP) is 9.07. The van der Waals surface area contributed by atoms with Crippen molar-refractivity contribution in [3.63, 3.8) is 0 Å². The van der Waals surface area contributed by atoms with E-state index in [0.717, 1.165) is 70.6 Å². The van der Waals surface area contributed by atoms with Crippen molar-refractivity contribution in [1.29, 1.82) is 0 Å². The summed E-state index contributed by atoms with van der Waals surface area (Å²) in [5.41, 5.74) is 0.496. The number of amides is 2. The summed E-state index contributed by atoms with van der Waals surface area (Å²) in [7, 11) is 0. The van der Waals surface area contributed by atoms with Gasteiger partial charge >= 0.3 is 30.0 Å². The molecule has 3 aromatic carbocycles. The number of nitrogens with one attached hydrogen (secondary N) is 2. The third kappa shape index (κ3) is 17.7. The van der Waals surface area contributed by atoms with Gasteiger partial charge in [0.1, 0.15) is 34.6 Å². The normalized spacial score (nSPS) is 13.2. The van der Waals surface area contributed by atoms with E-state index >= 15 is 0 Å². The van der Waals surface area contributed by atoms with E-state index in [4.69, 9.17) is 23.7 Å². The number of benzene rings is 3. The second-order valence-corrected chi connectivity index (χ2v) is 14.9. The van der Waals surface area contributed by atoms with Gasteiger partial charge < -0.3 is 39.1 Å². The summed E-state index contributed by atoms with van der Waals surface area (Å²) in [6, 6.07) is 16.7. The van der Waals surface area contributed by atoms with Crippen molar-refractivity contribution in [3.8, 4) is 23.0 Å². The maximum absolute atomic E-state index is 13.4. The van der Waals surface area contributed by atoms with Gasteiger partial charge in [-0.3, -0.25) is 4.79 Å². The molecule has 4 rings (SSSR count). The Morgan fingerprint density at radius 1 is 0.607 bits per heavy atom. The van der Waals surface area contributed by atoms with Crippen LogP contribution in [0.25, 0.3) is 0 Å². The Kier molecular flexibility index (Phi) is 21.2. The van der Waals surface area contributed by atoms with Gasteiger partial charge in [0.25, 0.3) is 0 Å². The molecule has 0 aliphatic carbocycles. The molecule has 14 heteroatoms. The first-order valence-electron chi connectivity index (χ1n) is 21.7. The lowest BCUT2D eigenvalue weighted by Gasteiger charge is -2.13. The van der Waals surface area contributed by atoms with Gasteiger partial charge in [-0.2, -0.15) is 0 Å². The molecule has 1 aliphatic rings. The van der Waals surface area contributed by atoms with Crippen LogP contribution in [0.4, 0.5) is 4.79 Å². The molecule has 14 nitrogen and oxygen atoms in total. The molecule has 61 heavy (non-hydrogen) atoms. The molecule has 0 spiro atoms. The van der Waals surface area contributed by atoms with Gasteiger partial charge in [-0.05, 0) is 112 Å². The van der Waals surface area contributed by atoms with Gasteiger partial charge in [-0.1, -0.05) is 65.2 Å². The maximum Gasteiger partial charge on any atom is 0.415 e. The van der Waals surface area contributed by atoms with Gasteiger partial charge in [-0.25, -0.2) is 24.0 Å². The minimum atomic E-state index is -0.719. The van der Waals surface area contributed by atoms with Gasteiger partial charge in [0.05, 0.1) is 30.9 Å². The first-order chi connectivity index (χ1) is 29.7. The quantitative estimate of drug-likeness (QED) is 0.0293. The van der Waals surface area contributed by atoms with Crippen molar-refractivity contribution in [1.82, 2.24) is 10.6 Å². The first-order valence-corrected chi connectivity index (χ1v) is 21.7. The average Bonchev–Trinajstić information content (AvgIpc) is 3.59. The van der Waals surface area contributed by atoms with Crippen LogP contribution >= 0.6 is 0 Å². The molecule has 0 radical (unpaired) electrons. The lowest BCUT2D eigenvalue weighted by Crippen LogP contribution is -2.29. The number of rotatable bonds is 29. The van der Waals surface area contributed by atoms with E-state index in [-0.39, 0.29) is 35.1 Å². The minimum Gasteiger partial charge on any atom is -0.494 e. The third-order valence-corrected chi connectivity index (χ3v) is 9.84. The van der Waals surface area contributed by atoms with E-state index in [2.05, 4.69) is 29.2 Å². The topological polar surface area (TPSA) is 182 Å². The van der Waals surface area contributed by atoms with Crippen molar-refractivity contribution >= 4 is 35.9 Å². The molecule has 0 unspecified atom stereocenters. The number of carbonyl (C=O) groups excluding carboxylic acids is 6. The molecule has 0 bridgehead atoms. The first kappa shape index (κ1) is 47.8. The number of ether oxygens (including phenoxy) is 6. The molecule has 0 aromatic heterocycles. The fourth-order valence-electron chi connectivity index (χ4n) is 6.25. The summed E-state index contributed by atoms with van der Waals surface area (Å²) < 4.78 is 32.7. The Balaban J connectivity index is 1.18. The summed E-state index contributed by atoms with van der Waals surface area (Å²) in [6.45, 7) is 5.98. The van der Waals surface area contributed by atoms with Crippen molar-refractivity contribution in [3.05, 3.63) is 83.4 Å². The Morgan fingerprint density at radius 3 is 1.74 bits per heavy atom. The minimum absolute atomic E-state index is 0.00837. The Bertz CT molecular complexity index is 1860. The van der Waals surface area contributed by atoms with Crippen LogP contribution in [0.3, 0.4) is 0 Å². The summed E-state index contributed by atoms with van der Waals surface area (Å²) in [5.74, 6) is -1.26. The predicted molar refractivity (Wildman–Crippen MR) is 227 cm³/mol. The van der Waals surface area contributed by atoms with Crippen LogP contribution in [0.5, 0.6) is 23.0 Å². The molecule has 2 amide bonds. The summed E-state index contributed by atoms with van der Waals surface area (Å²) in [5, 5.41) is 5.36. The van der Waals surface area contributed by atoms with E-state index in [9.17, 15) is 28.8 Å². The van der Waals surface area contributed by atoms with Crippen molar-refractivity contribution in [2.75, 3.05) is 26.4 Å². The van der Waals surface area contributed by atoms with E-state index < -0.39 is 36.0 Å². The third-order valence-electron chi connectivity index (χ3n) is 9.84. The largest absolute Gasteiger partial charge is 0.494 e. The van der Waals surface area contributed by atoms with Crippen LogP contribution in [-0.2, 0) is 19.1 Å². The van der Waals surface area contributed by atoms with Crippen molar-refractivity contribution < 1.29 is 57.2 Å². The van der Waals surface area contributed by atoms with Gasteiger partial charge in [0, 0.05) is 13.0 Å². The Hall–Kier alpha value is -5.92. The monoisotopic (exact) mass is 844 g/mol. The van der Waals surface area contributed by atoms with E-state index in [1.165, 1.54) is 18.2 Å². The van der Waals surface area contributed by atoms with E-state index in [1.54, 1.807) is 48.5 Å².